The number of rotatable bonds is 4. The van der Waals surface area contributed by atoms with Gasteiger partial charge in [0.15, 0.2) is 6.61 Å². The Kier molecular flexibility index (Phi) is 4.71. The number of hydrogen-bond acceptors (Lipinski definition) is 4. The highest BCUT2D eigenvalue weighted by atomic mass is 19.1. The van der Waals surface area contributed by atoms with Gasteiger partial charge >= 0.3 is 0 Å². The molecule has 0 radical (unpaired) electrons. The molecule has 24 heavy (non-hydrogen) atoms. The van der Waals surface area contributed by atoms with E-state index in [1.54, 1.807) is 23.1 Å². The van der Waals surface area contributed by atoms with E-state index < -0.39 is 0 Å². The second kappa shape index (κ2) is 7.09. The van der Waals surface area contributed by atoms with Crippen LogP contribution >= 0.6 is 0 Å². The fourth-order valence-electron chi connectivity index (χ4n) is 2.91. The molecule has 1 unspecified atom stereocenters. The summed E-state index contributed by atoms with van der Waals surface area (Å²) in [5, 5.41) is 9.01. The number of pyridine rings is 1. The highest BCUT2D eigenvalue weighted by molar-refractivity contribution is 5.78. The molecule has 6 heteroatoms. The summed E-state index contributed by atoms with van der Waals surface area (Å²) in [6, 6.07) is 9.72. The van der Waals surface area contributed by atoms with Crippen molar-refractivity contribution in [3.63, 3.8) is 0 Å². The summed E-state index contributed by atoms with van der Waals surface area (Å²) in [7, 11) is 0. The molecule has 1 atom stereocenters. The van der Waals surface area contributed by atoms with Crippen molar-refractivity contribution in [3.8, 4) is 11.8 Å². The zero-order valence-corrected chi connectivity index (χ0v) is 13.0. The van der Waals surface area contributed by atoms with Gasteiger partial charge in [-0.3, -0.25) is 9.78 Å². The van der Waals surface area contributed by atoms with Crippen LogP contribution in [0.4, 0.5) is 4.39 Å². The van der Waals surface area contributed by atoms with E-state index in [-0.39, 0.29) is 24.4 Å². The van der Waals surface area contributed by atoms with Gasteiger partial charge in [-0.1, -0.05) is 12.1 Å². The van der Waals surface area contributed by atoms with Gasteiger partial charge in [0.25, 0.3) is 5.91 Å². The van der Waals surface area contributed by atoms with Crippen molar-refractivity contribution in [1.82, 2.24) is 9.88 Å². The standard InChI is InChI=1S/C18H16FN3O2/c19-15-5-3-13(4-6-15)16-2-1-9-22(16)18(23)12-24-17-7-8-21-11-14(17)10-20/h3-8,11,16H,1-2,9,12H2. The molecule has 0 bridgehead atoms. The van der Waals surface area contributed by atoms with Gasteiger partial charge in [0.1, 0.15) is 23.2 Å². The zero-order valence-electron chi connectivity index (χ0n) is 13.0. The van der Waals surface area contributed by atoms with Crippen LogP contribution < -0.4 is 4.74 Å². The molecule has 0 N–H and O–H groups in total. The van der Waals surface area contributed by atoms with Crippen molar-refractivity contribution in [2.24, 2.45) is 0 Å². The Hall–Kier alpha value is -2.94. The van der Waals surface area contributed by atoms with E-state index in [2.05, 4.69) is 4.98 Å². The molecule has 1 saturated heterocycles. The maximum Gasteiger partial charge on any atom is 0.261 e. The lowest BCUT2D eigenvalue weighted by atomic mass is 10.0. The summed E-state index contributed by atoms with van der Waals surface area (Å²) < 4.78 is 18.6. The Labute approximate surface area is 139 Å². The first-order chi connectivity index (χ1) is 11.7. The van der Waals surface area contributed by atoms with E-state index in [9.17, 15) is 9.18 Å². The summed E-state index contributed by atoms with van der Waals surface area (Å²) >= 11 is 0. The highest BCUT2D eigenvalue weighted by Gasteiger charge is 2.30. The quantitative estimate of drug-likeness (QED) is 0.867. The highest BCUT2D eigenvalue weighted by Crippen LogP contribution is 2.32. The predicted octanol–water partition coefficient (Wildman–Crippen LogP) is 2.83. The number of benzene rings is 1. The molecule has 2 aromatic rings. The Morgan fingerprint density at radius 3 is 2.92 bits per heavy atom. The van der Waals surface area contributed by atoms with E-state index in [1.807, 2.05) is 6.07 Å². The van der Waals surface area contributed by atoms with Gasteiger partial charge in [0, 0.05) is 18.9 Å². The van der Waals surface area contributed by atoms with E-state index in [0.29, 0.717) is 17.9 Å². The largest absolute Gasteiger partial charge is 0.482 e. The lowest BCUT2D eigenvalue weighted by Gasteiger charge is -2.25. The number of carbonyl (C=O) groups is 1. The van der Waals surface area contributed by atoms with Crippen LogP contribution in [0.15, 0.2) is 42.7 Å². The Bertz CT molecular complexity index is 771. The number of nitrogens with zero attached hydrogens (tertiary/aromatic N) is 3. The minimum absolute atomic E-state index is 0.0606. The molecule has 1 aliphatic heterocycles. The molecule has 1 aromatic carbocycles. The maximum absolute atomic E-state index is 13.1. The van der Waals surface area contributed by atoms with Crippen LogP contribution in [-0.4, -0.2) is 28.9 Å². The van der Waals surface area contributed by atoms with Crippen molar-refractivity contribution >= 4 is 5.91 Å². The molecular weight excluding hydrogens is 309 g/mol. The fourth-order valence-corrected chi connectivity index (χ4v) is 2.91. The number of aromatic nitrogens is 1. The molecule has 1 aromatic heterocycles. The number of hydrogen-bond donors (Lipinski definition) is 0. The minimum atomic E-state index is -0.292. The fraction of sp³-hybridized carbons (Fsp3) is 0.278. The van der Waals surface area contributed by atoms with Gasteiger partial charge in [-0.15, -0.1) is 0 Å². The van der Waals surface area contributed by atoms with Crippen LogP contribution in [0.25, 0.3) is 0 Å². The van der Waals surface area contributed by atoms with Crippen molar-refractivity contribution in [2.75, 3.05) is 13.2 Å². The zero-order chi connectivity index (χ0) is 16.9. The molecule has 3 rings (SSSR count). The van der Waals surface area contributed by atoms with Crippen molar-refractivity contribution < 1.29 is 13.9 Å². The lowest BCUT2D eigenvalue weighted by molar-refractivity contribution is -0.134. The molecule has 0 aliphatic carbocycles. The topological polar surface area (TPSA) is 66.2 Å². The first-order valence-corrected chi connectivity index (χ1v) is 7.71. The average Bonchev–Trinajstić information content (AvgIpc) is 3.10. The van der Waals surface area contributed by atoms with Gasteiger partial charge in [-0.2, -0.15) is 5.26 Å². The minimum Gasteiger partial charge on any atom is -0.482 e. The van der Waals surface area contributed by atoms with Crippen LogP contribution in [-0.2, 0) is 4.79 Å². The van der Waals surface area contributed by atoms with Crippen LogP contribution in [0.2, 0.25) is 0 Å². The van der Waals surface area contributed by atoms with Gasteiger partial charge in [-0.05, 0) is 36.6 Å². The van der Waals surface area contributed by atoms with Crippen LogP contribution in [0.3, 0.4) is 0 Å². The molecule has 0 saturated carbocycles. The molecule has 2 heterocycles. The molecule has 0 spiro atoms. The van der Waals surface area contributed by atoms with Crippen LogP contribution in [0.1, 0.15) is 30.0 Å². The summed E-state index contributed by atoms with van der Waals surface area (Å²) in [5.41, 5.74) is 1.21. The van der Waals surface area contributed by atoms with E-state index in [0.717, 1.165) is 18.4 Å². The number of nitriles is 1. The monoisotopic (exact) mass is 325 g/mol. The summed E-state index contributed by atoms with van der Waals surface area (Å²) in [4.78, 5) is 18.1. The SMILES string of the molecule is N#Cc1cnccc1OCC(=O)N1CCCC1c1ccc(F)cc1. The average molecular weight is 325 g/mol. The van der Waals surface area contributed by atoms with E-state index in [4.69, 9.17) is 10.00 Å². The lowest BCUT2D eigenvalue weighted by Crippen LogP contribution is -2.34. The third kappa shape index (κ3) is 3.35. The second-order valence-corrected chi connectivity index (χ2v) is 5.57. The van der Waals surface area contributed by atoms with E-state index in [1.165, 1.54) is 24.5 Å². The smallest absolute Gasteiger partial charge is 0.261 e. The van der Waals surface area contributed by atoms with Gasteiger partial charge in [-0.25, -0.2) is 4.39 Å². The predicted molar refractivity (Wildman–Crippen MR) is 84.5 cm³/mol. The summed E-state index contributed by atoms with van der Waals surface area (Å²) in [6.45, 7) is 0.502. The second-order valence-electron chi connectivity index (χ2n) is 5.57. The van der Waals surface area contributed by atoms with Gasteiger partial charge in [0.2, 0.25) is 0 Å². The first kappa shape index (κ1) is 15.9. The molecule has 5 nitrogen and oxygen atoms in total. The van der Waals surface area contributed by atoms with Crippen molar-refractivity contribution in [2.45, 2.75) is 18.9 Å². The third-order valence-electron chi connectivity index (χ3n) is 4.08. The molecule has 1 aliphatic rings. The van der Waals surface area contributed by atoms with Gasteiger partial charge in [0.05, 0.1) is 6.04 Å². The van der Waals surface area contributed by atoms with Crippen LogP contribution in [0.5, 0.6) is 5.75 Å². The third-order valence-corrected chi connectivity index (χ3v) is 4.08. The summed E-state index contributed by atoms with van der Waals surface area (Å²) in [5.74, 6) is -0.0967. The van der Waals surface area contributed by atoms with Crippen LogP contribution in [0, 0.1) is 17.1 Å². The molecular formula is C18H16FN3O2. The number of ether oxygens (including phenoxy) is 1. The van der Waals surface area contributed by atoms with E-state index >= 15 is 0 Å². The molecule has 1 amide bonds. The number of likely N-dealkylation sites (tertiary alicyclic amines) is 1. The Balaban J connectivity index is 1.68. The van der Waals surface area contributed by atoms with Crippen molar-refractivity contribution in [1.29, 1.82) is 5.26 Å². The first-order valence-electron chi connectivity index (χ1n) is 7.71. The molecule has 1 fully saturated rings. The normalized spacial score (nSPS) is 16.7. The number of halogens is 1. The van der Waals surface area contributed by atoms with Gasteiger partial charge < -0.3 is 9.64 Å². The summed E-state index contributed by atoms with van der Waals surface area (Å²) in [6.07, 6.45) is 4.65. The number of amides is 1. The molecule has 122 valence electrons. The van der Waals surface area contributed by atoms with Crippen molar-refractivity contribution in [3.05, 3.63) is 59.7 Å². The maximum atomic E-state index is 13.1. The Morgan fingerprint density at radius 2 is 2.17 bits per heavy atom. The Morgan fingerprint density at radius 1 is 1.38 bits per heavy atom. The number of carbonyl (C=O) groups excluding carboxylic acids is 1.